The Hall–Kier alpha value is -2.75. The van der Waals surface area contributed by atoms with Crippen molar-refractivity contribution >= 4 is 39.2 Å². The monoisotopic (exact) mass is 534 g/mol. The van der Waals surface area contributed by atoms with Gasteiger partial charge >= 0.3 is 0 Å². The van der Waals surface area contributed by atoms with Crippen molar-refractivity contribution in [3.05, 3.63) is 35.7 Å². The molecule has 1 atom stereocenters. The number of aromatic nitrogens is 2. The zero-order valence-electron chi connectivity index (χ0n) is 22.1. The number of likely N-dealkylation sites (tertiary alicyclic amines) is 1. The van der Waals surface area contributed by atoms with Crippen LogP contribution >= 0.6 is 11.3 Å². The number of piperidine rings is 1. The first-order chi connectivity index (χ1) is 18.7. The SMILES string of the molecule is NC(=O)C1CCN(c2nc(N3CCC(COCCN4CCCC4)CC3)nc3scc(-c4ccccc4)c23)C1. The van der Waals surface area contributed by atoms with Crippen LogP contribution in [-0.4, -0.2) is 79.8 Å². The quantitative estimate of drug-likeness (QED) is 0.415. The van der Waals surface area contributed by atoms with Gasteiger partial charge in [0.15, 0.2) is 0 Å². The fourth-order valence-electron chi connectivity index (χ4n) is 6.05. The molecule has 2 aromatic heterocycles. The second-order valence-electron chi connectivity index (χ2n) is 10.9. The van der Waals surface area contributed by atoms with Crippen molar-refractivity contribution in [3.63, 3.8) is 0 Å². The molecule has 2 N–H and O–H groups in total. The number of carbonyl (C=O) groups is 1. The van der Waals surface area contributed by atoms with E-state index in [9.17, 15) is 4.79 Å². The van der Waals surface area contributed by atoms with Crippen molar-refractivity contribution in [1.82, 2.24) is 14.9 Å². The molecular formula is C29H38N6O2S. The lowest BCUT2D eigenvalue weighted by Crippen LogP contribution is -2.37. The van der Waals surface area contributed by atoms with Gasteiger partial charge in [-0.3, -0.25) is 4.79 Å². The average Bonchev–Trinajstić information content (AvgIpc) is 3.73. The summed E-state index contributed by atoms with van der Waals surface area (Å²) in [5.41, 5.74) is 7.98. The summed E-state index contributed by atoms with van der Waals surface area (Å²) in [5.74, 6) is 1.96. The average molecular weight is 535 g/mol. The highest BCUT2D eigenvalue weighted by Crippen LogP contribution is 2.41. The van der Waals surface area contributed by atoms with Crippen LogP contribution in [0.25, 0.3) is 21.3 Å². The van der Waals surface area contributed by atoms with Gasteiger partial charge in [-0.1, -0.05) is 30.3 Å². The van der Waals surface area contributed by atoms with Crippen LogP contribution in [0, 0.1) is 11.8 Å². The molecule has 0 radical (unpaired) electrons. The Kier molecular flexibility index (Phi) is 7.76. The normalized spacial score (nSPS) is 21.1. The Balaban J connectivity index is 1.18. The Labute approximate surface area is 228 Å². The zero-order chi connectivity index (χ0) is 25.9. The molecule has 6 rings (SSSR count). The highest BCUT2D eigenvalue weighted by molar-refractivity contribution is 7.17. The summed E-state index contributed by atoms with van der Waals surface area (Å²) < 4.78 is 6.06. The Morgan fingerprint density at radius 3 is 2.50 bits per heavy atom. The molecule has 1 amide bonds. The molecule has 3 aliphatic rings. The predicted molar refractivity (Wildman–Crippen MR) is 154 cm³/mol. The van der Waals surface area contributed by atoms with Crippen molar-refractivity contribution in [1.29, 1.82) is 0 Å². The molecule has 1 unspecified atom stereocenters. The minimum absolute atomic E-state index is 0.136. The van der Waals surface area contributed by atoms with Crippen molar-refractivity contribution < 1.29 is 9.53 Å². The number of fused-ring (bicyclic) bond motifs is 1. The van der Waals surface area contributed by atoms with E-state index in [4.69, 9.17) is 20.4 Å². The maximum absolute atomic E-state index is 11.9. The third kappa shape index (κ3) is 5.51. The number of amides is 1. The molecule has 8 nitrogen and oxygen atoms in total. The van der Waals surface area contributed by atoms with E-state index in [-0.39, 0.29) is 11.8 Å². The van der Waals surface area contributed by atoms with E-state index in [1.54, 1.807) is 11.3 Å². The van der Waals surface area contributed by atoms with Crippen LogP contribution in [0.15, 0.2) is 35.7 Å². The third-order valence-corrected chi connectivity index (χ3v) is 9.25. The fraction of sp³-hybridized carbons (Fsp3) is 0.552. The maximum Gasteiger partial charge on any atom is 0.228 e. The van der Waals surface area contributed by atoms with Gasteiger partial charge in [-0.2, -0.15) is 4.98 Å². The highest BCUT2D eigenvalue weighted by Gasteiger charge is 2.31. The number of hydrogen-bond acceptors (Lipinski definition) is 8. The second kappa shape index (κ2) is 11.6. The van der Waals surface area contributed by atoms with Gasteiger partial charge < -0.3 is 25.2 Å². The van der Waals surface area contributed by atoms with Crippen LogP contribution in [0.3, 0.4) is 0 Å². The molecule has 3 saturated heterocycles. The van der Waals surface area contributed by atoms with Gasteiger partial charge in [-0.05, 0) is 56.7 Å². The standard InChI is InChI=1S/C29H38N6O2S/c30-26(36)23-10-15-35(18-23)27-25-24(22-6-2-1-3-7-22)20-38-28(25)32-29(31-27)34-13-8-21(9-14-34)19-37-17-16-33-11-4-5-12-33/h1-3,6-7,20-21,23H,4-5,8-19H2,(H2,30,36). The lowest BCUT2D eigenvalue weighted by molar-refractivity contribution is -0.121. The van der Waals surface area contributed by atoms with E-state index < -0.39 is 0 Å². The molecule has 9 heteroatoms. The molecule has 202 valence electrons. The van der Waals surface area contributed by atoms with Crippen LogP contribution in [0.5, 0.6) is 0 Å². The van der Waals surface area contributed by atoms with E-state index in [1.807, 2.05) is 6.07 Å². The third-order valence-electron chi connectivity index (χ3n) is 8.38. The minimum Gasteiger partial charge on any atom is -0.380 e. The number of anilines is 2. The predicted octanol–water partition coefficient (Wildman–Crippen LogP) is 4.00. The van der Waals surface area contributed by atoms with Crippen LogP contribution in [-0.2, 0) is 9.53 Å². The minimum atomic E-state index is -0.226. The number of carbonyl (C=O) groups excluding carboxylic acids is 1. The van der Waals surface area contributed by atoms with E-state index in [1.165, 1.54) is 25.9 Å². The Morgan fingerprint density at radius 1 is 1.00 bits per heavy atom. The lowest BCUT2D eigenvalue weighted by Gasteiger charge is -2.32. The van der Waals surface area contributed by atoms with Gasteiger partial charge in [0.1, 0.15) is 10.6 Å². The van der Waals surface area contributed by atoms with Gasteiger partial charge in [0.2, 0.25) is 11.9 Å². The van der Waals surface area contributed by atoms with E-state index in [0.29, 0.717) is 12.5 Å². The molecule has 3 aliphatic heterocycles. The number of ether oxygens (including phenoxy) is 1. The summed E-state index contributed by atoms with van der Waals surface area (Å²) in [6.07, 6.45) is 5.61. The van der Waals surface area contributed by atoms with E-state index in [0.717, 1.165) is 91.8 Å². The summed E-state index contributed by atoms with van der Waals surface area (Å²) in [6, 6.07) is 10.4. The molecule has 3 aromatic rings. The molecule has 0 aliphatic carbocycles. The number of benzene rings is 1. The van der Waals surface area contributed by atoms with Crippen molar-refractivity contribution in [2.75, 3.05) is 68.8 Å². The van der Waals surface area contributed by atoms with E-state index >= 15 is 0 Å². The van der Waals surface area contributed by atoms with Crippen LogP contribution in [0.2, 0.25) is 0 Å². The summed E-state index contributed by atoms with van der Waals surface area (Å²) in [7, 11) is 0. The van der Waals surface area contributed by atoms with Crippen molar-refractivity contribution in [2.45, 2.75) is 32.1 Å². The summed E-state index contributed by atoms with van der Waals surface area (Å²) in [5, 5.41) is 3.27. The van der Waals surface area contributed by atoms with Crippen LogP contribution in [0.4, 0.5) is 11.8 Å². The van der Waals surface area contributed by atoms with Crippen LogP contribution in [0.1, 0.15) is 32.1 Å². The first-order valence-corrected chi connectivity index (χ1v) is 15.0. The Morgan fingerprint density at radius 2 is 1.76 bits per heavy atom. The maximum atomic E-state index is 11.9. The molecule has 0 saturated carbocycles. The highest BCUT2D eigenvalue weighted by atomic mass is 32.1. The number of primary amides is 1. The molecule has 0 bridgehead atoms. The number of nitrogens with zero attached hydrogens (tertiary/aromatic N) is 5. The Bertz CT molecular complexity index is 1240. The van der Waals surface area contributed by atoms with Crippen LogP contribution < -0.4 is 15.5 Å². The molecule has 5 heterocycles. The van der Waals surface area contributed by atoms with Gasteiger partial charge in [-0.15, -0.1) is 11.3 Å². The summed E-state index contributed by atoms with van der Waals surface area (Å²) in [4.78, 5) is 30.2. The topological polar surface area (TPSA) is 87.8 Å². The molecule has 0 spiro atoms. The number of thiophene rings is 1. The first kappa shape index (κ1) is 25.5. The van der Waals surface area contributed by atoms with Gasteiger partial charge in [0, 0.05) is 50.3 Å². The smallest absolute Gasteiger partial charge is 0.228 e. The number of nitrogens with two attached hydrogens (primary N) is 1. The molecule has 38 heavy (non-hydrogen) atoms. The molecule has 1 aromatic carbocycles. The summed E-state index contributed by atoms with van der Waals surface area (Å²) >= 11 is 1.67. The lowest BCUT2D eigenvalue weighted by atomic mass is 9.98. The van der Waals surface area contributed by atoms with Gasteiger partial charge in [0.05, 0.1) is 17.9 Å². The zero-order valence-corrected chi connectivity index (χ0v) is 22.9. The summed E-state index contributed by atoms with van der Waals surface area (Å²) in [6.45, 7) is 8.47. The van der Waals surface area contributed by atoms with Crippen molar-refractivity contribution in [2.24, 2.45) is 17.6 Å². The fourth-order valence-corrected chi connectivity index (χ4v) is 6.98. The number of rotatable bonds is 9. The first-order valence-electron chi connectivity index (χ1n) is 14.1. The number of hydrogen-bond donors (Lipinski definition) is 1. The molecular weight excluding hydrogens is 496 g/mol. The van der Waals surface area contributed by atoms with Gasteiger partial charge in [-0.25, -0.2) is 4.98 Å². The van der Waals surface area contributed by atoms with Crippen molar-refractivity contribution in [3.8, 4) is 11.1 Å². The second-order valence-corrected chi connectivity index (χ2v) is 11.8. The van der Waals surface area contributed by atoms with Gasteiger partial charge in [0.25, 0.3) is 0 Å². The van der Waals surface area contributed by atoms with E-state index in [2.05, 4.69) is 44.3 Å². The largest absolute Gasteiger partial charge is 0.380 e. The molecule has 3 fully saturated rings.